The Bertz CT molecular complexity index is 1220. The number of hydrogen-bond donors (Lipinski definition) is 1. The van der Waals surface area contributed by atoms with E-state index in [0.717, 1.165) is 6.26 Å². The second-order valence-electron chi connectivity index (χ2n) is 6.35. The molecule has 0 aromatic heterocycles. The Kier molecular flexibility index (Phi) is 6.33. The van der Waals surface area contributed by atoms with E-state index < -0.39 is 19.9 Å². The molecule has 30 heavy (non-hydrogen) atoms. The van der Waals surface area contributed by atoms with Gasteiger partial charge >= 0.3 is 0 Å². The number of para-hydroxylation sites is 2. The van der Waals surface area contributed by atoms with Crippen LogP contribution in [-0.4, -0.2) is 29.7 Å². The average molecular weight is 448 g/mol. The van der Waals surface area contributed by atoms with Crippen LogP contribution >= 0.6 is 0 Å². The highest BCUT2D eigenvalue weighted by Gasteiger charge is 2.18. The Morgan fingerprint density at radius 3 is 1.93 bits per heavy atom. The molecule has 1 N–H and O–H groups in total. The minimum Gasteiger partial charge on any atom is -0.494 e. The summed E-state index contributed by atoms with van der Waals surface area (Å²) in [5.41, 5.74) is 0.249. The lowest BCUT2D eigenvalue weighted by Crippen LogP contribution is -2.13. The molecule has 158 valence electrons. The lowest BCUT2D eigenvalue weighted by atomic mass is 10.3. The highest BCUT2D eigenvalue weighted by Crippen LogP contribution is 2.32. The summed E-state index contributed by atoms with van der Waals surface area (Å²) >= 11 is 0. The van der Waals surface area contributed by atoms with E-state index in [9.17, 15) is 16.8 Å². The molecule has 0 fully saturated rings. The maximum Gasteiger partial charge on any atom is 0.262 e. The molecule has 0 heterocycles. The molecule has 0 bridgehead atoms. The molecule has 0 aliphatic carbocycles. The Morgan fingerprint density at radius 2 is 1.33 bits per heavy atom. The van der Waals surface area contributed by atoms with Crippen LogP contribution in [0.25, 0.3) is 0 Å². The van der Waals surface area contributed by atoms with Gasteiger partial charge in [-0.15, -0.1) is 0 Å². The summed E-state index contributed by atoms with van der Waals surface area (Å²) in [6.07, 6.45) is 1.06. The zero-order valence-electron chi connectivity index (χ0n) is 16.4. The van der Waals surface area contributed by atoms with Crippen LogP contribution in [0.5, 0.6) is 17.2 Å². The Hall–Kier alpha value is -3.04. The number of sulfonamides is 1. The van der Waals surface area contributed by atoms with Gasteiger partial charge in [0.15, 0.2) is 15.6 Å². The molecule has 0 aliphatic rings. The maximum absolute atomic E-state index is 12.8. The molecule has 0 unspecified atom stereocenters. The van der Waals surface area contributed by atoms with Gasteiger partial charge in [-0.2, -0.15) is 0 Å². The van der Waals surface area contributed by atoms with Crippen LogP contribution in [0.15, 0.2) is 82.6 Å². The standard InChI is InChI=1S/C21H21NO6S2/c1-3-27-16-8-10-17(11-9-16)28-21-7-5-4-6-20(21)22-30(25,26)19-14-12-18(13-15-19)29(2,23)24/h4-15,22H,3H2,1-2H3. The second-order valence-corrected chi connectivity index (χ2v) is 10.0. The molecule has 0 radical (unpaired) electrons. The van der Waals surface area contributed by atoms with E-state index in [1.54, 1.807) is 48.5 Å². The maximum atomic E-state index is 12.8. The number of rotatable bonds is 8. The fourth-order valence-corrected chi connectivity index (χ4v) is 4.31. The number of sulfone groups is 1. The van der Waals surface area contributed by atoms with E-state index in [2.05, 4.69) is 4.72 Å². The van der Waals surface area contributed by atoms with Gasteiger partial charge in [0.25, 0.3) is 10.0 Å². The molecule has 3 aromatic carbocycles. The van der Waals surface area contributed by atoms with Crippen molar-refractivity contribution in [2.24, 2.45) is 0 Å². The van der Waals surface area contributed by atoms with Crippen LogP contribution in [0.2, 0.25) is 0 Å². The summed E-state index contributed by atoms with van der Waals surface area (Å²) in [4.78, 5) is -0.0218. The first-order chi connectivity index (χ1) is 14.2. The lowest BCUT2D eigenvalue weighted by molar-refractivity contribution is 0.339. The summed E-state index contributed by atoms with van der Waals surface area (Å²) in [5.74, 6) is 1.54. The van der Waals surface area contributed by atoms with Crippen LogP contribution in [0.3, 0.4) is 0 Å². The third-order valence-electron chi connectivity index (χ3n) is 4.06. The van der Waals surface area contributed by atoms with E-state index in [0.29, 0.717) is 23.9 Å². The van der Waals surface area contributed by atoms with Crippen molar-refractivity contribution >= 4 is 25.5 Å². The van der Waals surface area contributed by atoms with Gasteiger partial charge in [0.2, 0.25) is 0 Å². The van der Waals surface area contributed by atoms with Crippen LogP contribution in [0, 0.1) is 0 Å². The van der Waals surface area contributed by atoms with Gasteiger partial charge in [0.05, 0.1) is 22.1 Å². The van der Waals surface area contributed by atoms with Gasteiger partial charge in [-0.25, -0.2) is 16.8 Å². The van der Waals surface area contributed by atoms with Gasteiger partial charge in [-0.1, -0.05) is 12.1 Å². The van der Waals surface area contributed by atoms with Crippen LogP contribution in [0.1, 0.15) is 6.92 Å². The predicted octanol–water partition coefficient (Wildman–Crippen LogP) is 4.08. The number of benzene rings is 3. The number of ether oxygens (including phenoxy) is 2. The number of nitrogens with one attached hydrogen (secondary N) is 1. The SMILES string of the molecule is CCOc1ccc(Oc2ccccc2NS(=O)(=O)c2ccc(S(C)(=O)=O)cc2)cc1. The Balaban J connectivity index is 1.83. The fourth-order valence-electron chi connectivity index (χ4n) is 2.61. The highest BCUT2D eigenvalue weighted by atomic mass is 32.2. The normalized spacial score (nSPS) is 11.7. The molecule has 7 nitrogen and oxygen atoms in total. The van der Waals surface area contributed by atoms with E-state index in [1.807, 2.05) is 6.92 Å². The molecule has 0 spiro atoms. The lowest BCUT2D eigenvalue weighted by Gasteiger charge is -2.14. The van der Waals surface area contributed by atoms with Crippen molar-refractivity contribution in [3.63, 3.8) is 0 Å². The Morgan fingerprint density at radius 1 is 0.767 bits per heavy atom. The zero-order chi connectivity index (χ0) is 21.8. The molecule has 0 atom stereocenters. The van der Waals surface area contributed by atoms with Crippen LogP contribution < -0.4 is 14.2 Å². The van der Waals surface area contributed by atoms with Gasteiger partial charge in [0.1, 0.15) is 11.5 Å². The summed E-state index contributed by atoms with van der Waals surface area (Å²) < 4.78 is 62.4. The van der Waals surface area contributed by atoms with Crippen LogP contribution in [0.4, 0.5) is 5.69 Å². The highest BCUT2D eigenvalue weighted by molar-refractivity contribution is 7.92. The molecule has 0 aliphatic heterocycles. The van der Waals surface area contributed by atoms with Crippen molar-refractivity contribution in [3.8, 4) is 17.2 Å². The smallest absolute Gasteiger partial charge is 0.262 e. The first-order valence-electron chi connectivity index (χ1n) is 9.02. The Labute approximate surface area is 176 Å². The molecule has 0 saturated carbocycles. The average Bonchev–Trinajstić information content (AvgIpc) is 2.70. The van der Waals surface area contributed by atoms with Crippen molar-refractivity contribution < 1.29 is 26.3 Å². The quantitative estimate of drug-likeness (QED) is 0.559. The van der Waals surface area contributed by atoms with Crippen molar-refractivity contribution in [2.45, 2.75) is 16.7 Å². The third-order valence-corrected chi connectivity index (χ3v) is 6.57. The van der Waals surface area contributed by atoms with E-state index in [1.165, 1.54) is 24.3 Å². The molecule has 0 saturated heterocycles. The molecule has 3 rings (SSSR count). The molecular formula is C21H21NO6S2. The second kappa shape index (κ2) is 8.76. The zero-order valence-corrected chi connectivity index (χ0v) is 18.0. The van der Waals surface area contributed by atoms with Gasteiger partial charge in [-0.05, 0) is 67.6 Å². The third kappa shape index (κ3) is 5.31. The summed E-state index contributed by atoms with van der Waals surface area (Å²) in [6.45, 7) is 2.44. The minimum atomic E-state index is -3.95. The van der Waals surface area contributed by atoms with Gasteiger partial charge in [0, 0.05) is 6.26 Å². The first-order valence-corrected chi connectivity index (χ1v) is 12.4. The van der Waals surface area contributed by atoms with E-state index in [4.69, 9.17) is 9.47 Å². The molecule has 9 heteroatoms. The largest absolute Gasteiger partial charge is 0.494 e. The van der Waals surface area contributed by atoms with Crippen molar-refractivity contribution in [1.82, 2.24) is 0 Å². The monoisotopic (exact) mass is 447 g/mol. The fraction of sp³-hybridized carbons (Fsp3) is 0.143. The molecule has 3 aromatic rings. The first kappa shape index (κ1) is 21.7. The molecular weight excluding hydrogens is 426 g/mol. The molecule has 0 amide bonds. The van der Waals surface area contributed by atoms with Crippen LogP contribution in [-0.2, 0) is 19.9 Å². The topological polar surface area (TPSA) is 98.8 Å². The van der Waals surface area contributed by atoms with Gasteiger partial charge in [-0.3, -0.25) is 4.72 Å². The minimum absolute atomic E-state index is 0.0423. The van der Waals surface area contributed by atoms with Gasteiger partial charge < -0.3 is 9.47 Å². The van der Waals surface area contributed by atoms with E-state index in [-0.39, 0.29) is 15.5 Å². The van der Waals surface area contributed by atoms with Crippen molar-refractivity contribution in [1.29, 1.82) is 0 Å². The summed E-state index contributed by atoms with van der Waals surface area (Å²) in [6, 6.07) is 18.6. The summed E-state index contributed by atoms with van der Waals surface area (Å²) in [5, 5.41) is 0. The predicted molar refractivity (Wildman–Crippen MR) is 114 cm³/mol. The number of hydrogen-bond acceptors (Lipinski definition) is 6. The summed E-state index contributed by atoms with van der Waals surface area (Å²) in [7, 11) is -7.37. The van der Waals surface area contributed by atoms with E-state index >= 15 is 0 Å². The van der Waals surface area contributed by atoms with Crippen molar-refractivity contribution in [3.05, 3.63) is 72.8 Å². The number of anilines is 1. The van der Waals surface area contributed by atoms with Crippen molar-refractivity contribution in [2.75, 3.05) is 17.6 Å².